The largest absolute Gasteiger partial charge is 0.381 e. The van der Waals surface area contributed by atoms with Gasteiger partial charge in [-0.15, -0.1) is 0 Å². The lowest BCUT2D eigenvalue weighted by atomic mass is 9.66. The summed E-state index contributed by atoms with van der Waals surface area (Å²) in [6.45, 7) is 16.8. The van der Waals surface area contributed by atoms with E-state index in [4.69, 9.17) is 0 Å². The molecule has 31 heavy (non-hydrogen) atoms. The van der Waals surface area contributed by atoms with Gasteiger partial charge in [-0.3, -0.25) is 9.59 Å². The quantitative estimate of drug-likeness (QED) is 0.532. The number of carbonyl (C=O) groups is 2. The van der Waals surface area contributed by atoms with E-state index in [1.54, 1.807) is 6.92 Å². The standard InChI is InChI=1S/C28H37NO2/c1-8-28(16-20(6)30)21(7)25(17-29-28)27(15-18(2)3)14-13-24(26(27)31)23-11-9-22(10-12-23)19(4)5/h9-13,17-19,29H,7-8,14-16H2,1-6H3/t27-,28+/m1/s1. The van der Waals surface area contributed by atoms with Gasteiger partial charge in [0, 0.05) is 18.2 Å². The molecule has 1 aromatic carbocycles. The van der Waals surface area contributed by atoms with E-state index >= 15 is 0 Å². The Balaban J connectivity index is 1.97. The molecule has 0 saturated carbocycles. The smallest absolute Gasteiger partial charge is 0.174 e. The van der Waals surface area contributed by atoms with Crippen LogP contribution in [0.2, 0.25) is 0 Å². The molecule has 3 rings (SSSR count). The molecule has 0 spiro atoms. The van der Waals surface area contributed by atoms with Crippen LogP contribution in [0.4, 0.5) is 0 Å². The minimum atomic E-state index is -0.613. The second-order valence-electron chi connectivity index (χ2n) is 10.1. The molecule has 1 heterocycles. The lowest BCUT2D eigenvalue weighted by molar-refractivity contribution is -0.120. The van der Waals surface area contributed by atoms with Crippen LogP contribution in [0.1, 0.15) is 84.3 Å². The van der Waals surface area contributed by atoms with Crippen molar-refractivity contribution in [2.75, 3.05) is 0 Å². The molecule has 2 aliphatic rings. The molecule has 0 amide bonds. The highest BCUT2D eigenvalue weighted by Gasteiger charge is 2.52. The van der Waals surface area contributed by atoms with E-state index in [1.807, 2.05) is 6.20 Å². The molecular weight excluding hydrogens is 382 g/mol. The van der Waals surface area contributed by atoms with Gasteiger partial charge in [0.25, 0.3) is 0 Å². The molecule has 166 valence electrons. The van der Waals surface area contributed by atoms with Crippen LogP contribution in [0.5, 0.6) is 0 Å². The first-order chi connectivity index (χ1) is 14.6. The van der Waals surface area contributed by atoms with Crippen molar-refractivity contribution in [3.05, 3.63) is 65.4 Å². The molecule has 1 aliphatic carbocycles. The molecule has 1 aliphatic heterocycles. The van der Waals surface area contributed by atoms with Gasteiger partial charge in [0.1, 0.15) is 5.78 Å². The second-order valence-corrected chi connectivity index (χ2v) is 10.1. The zero-order valence-corrected chi connectivity index (χ0v) is 20.0. The van der Waals surface area contributed by atoms with Crippen LogP contribution >= 0.6 is 0 Å². The summed E-state index contributed by atoms with van der Waals surface area (Å²) in [5.41, 5.74) is 3.87. The Morgan fingerprint density at radius 1 is 1.16 bits per heavy atom. The first-order valence-corrected chi connectivity index (χ1v) is 11.6. The Morgan fingerprint density at radius 3 is 2.32 bits per heavy atom. The van der Waals surface area contributed by atoms with Crippen molar-refractivity contribution >= 4 is 17.1 Å². The summed E-state index contributed by atoms with van der Waals surface area (Å²) < 4.78 is 0. The van der Waals surface area contributed by atoms with E-state index in [-0.39, 0.29) is 11.6 Å². The Bertz CT molecular complexity index is 948. The molecule has 0 bridgehead atoms. The third-order valence-electron chi connectivity index (χ3n) is 7.04. The zero-order chi connectivity index (χ0) is 23.0. The topological polar surface area (TPSA) is 46.2 Å². The minimum Gasteiger partial charge on any atom is -0.381 e. The predicted molar refractivity (Wildman–Crippen MR) is 129 cm³/mol. The Labute approximate surface area is 187 Å². The number of ketones is 2. The van der Waals surface area contributed by atoms with Crippen LogP contribution < -0.4 is 5.32 Å². The average molecular weight is 420 g/mol. The first kappa shape index (κ1) is 23.2. The maximum Gasteiger partial charge on any atom is 0.174 e. The summed E-state index contributed by atoms with van der Waals surface area (Å²) in [6, 6.07) is 8.40. The maximum atomic E-state index is 14.0. The first-order valence-electron chi connectivity index (χ1n) is 11.6. The predicted octanol–water partition coefficient (Wildman–Crippen LogP) is 6.37. The van der Waals surface area contributed by atoms with Crippen LogP contribution in [0.15, 0.2) is 54.3 Å². The van der Waals surface area contributed by atoms with Gasteiger partial charge in [0.15, 0.2) is 5.78 Å². The molecule has 2 atom stereocenters. The Hall–Kier alpha value is -2.42. The summed E-state index contributed by atoms with van der Waals surface area (Å²) in [6.07, 6.45) is 6.69. The van der Waals surface area contributed by atoms with Crippen molar-refractivity contribution < 1.29 is 9.59 Å². The van der Waals surface area contributed by atoms with Crippen LogP contribution in [-0.4, -0.2) is 17.1 Å². The molecular formula is C28H37NO2. The number of hydrogen-bond donors (Lipinski definition) is 1. The SMILES string of the molecule is C=C1C([C@]2(CC(C)C)CC=C(c3ccc(C(C)C)cc3)C2=O)=CN[C@@]1(CC)CC(C)=O. The summed E-state index contributed by atoms with van der Waals surface area (Å²) in [7, 11) is 0. The molecule has 3 heteroatoms. The van der Waals surface area contributed by atoms with E-state index in [1.165, 1.54) is 5.56 Å². The van der Waals surface area contributed by atoms with E-state index in [2.05, 4.69) is 76.9 Å². The molecule has 0 radical (unpaired) electrons. The van der Waals surface area contributed by atoms with E-state index in [0.29, 0.717) is 24.7 Å². The lowest BCUT2D eigenvalue weighted by Gasteiger charge is -2.36. The van der Waals surface area contributed by atoms with Gasteiger partial charge in [-0.25, -0.2) is 0 Å². The van der Waals surface area contributed by atoms with Crippen molar-refractivity contribution in [2.45, 2.75) is 78.7 Å². The van der Waals surface area contributed by atoms with Crippen LogP contribution in [-0.2, 0) is 9.59 Å². The van der Waals surface area contributed by atoms with Gasteiger partial charge >= 0.3 is 0 Å². The third-order valence-corrected chi connectivity index (χ3v) is 7.04. The van der Waals surface area contributed by atoms with Gasteiger partial charge in [-0.2, -0.15) is 0 Å². The van der Waals surface area contributed by atoms with Crippen molar-refractivity contribution in [1.29, 1.82) is 0 Å². The normalized spacial score (nSPS) is 25.8. The number of rotatable bonds is 8. The third kappa shape index (κ3) is 4.07. The van der Waals surface area contributed by atoms with E-state index in [9.17, 15) is 9.59 Å². The van der Waals surface area contributed by atoms with Crippen molar-refractivity contribution in [2.24, 2.45) is 11.3 Å². The lowest BCUT2D eigenvalue weighted by Crippen LogP contribution is -2.42. The van der Waals surface area contributed by atoms with E-state index < -0.39 is 11.0 Å². The van der Waals surface area contributed by atoms with Crippen LogP contribution in [0, 0.1) is 11.3 Å². The number of Topliss-reactive ketones (excluding diaryl/α,β-unsaturated/α-hetero) is 2. The van der Waals surface area contributed by atoms with Gasteiger partial charge in [-0.1, -0.05) is 71.5 Å². The maximum absolute atomic E-state index is 14.0. The van der Waals surface area contributed by atoms with Crippen molar-refractivity contribution in [3.8, 4) is 0 Å². The summed E-state index contributed by atoms with van der Waals surface area (Å²) in [4.78, 5) is 26.0. The van der Waals surface area contributed by atoms with Gasteiger partial charge in [0.05, 0.1) is 11.0 Å². The fraction of sp³-hybridized carbons (Fsp3) is 0.500. The summed E-state index contributed by atoms with van der Waals surface area (Å²) >= 11 is 0. The minimum absolute atomic E-state index is 0.130. The number of hydrogen-bond acceptors (Lipinski definition) is 3. The molecule has 0 saturated heterocycles. The summed E-state index contributed by atoms with van der Waals surface area (Å²) in [5.74, 6) is 1.13. The van der Waals surface area contributed by atoms with Gasteiger partial charge in [0.2, 0.25) is 0 Å². The monoisotopic (exact) mass is 419 g/mol. The molecule has 0 aromatic heterocycles. The summed E-state index contributed by atoms with van der Waals surface area (Å²) in [5, 5.41) is 3.46. The fourth-order valence-electron chi connectivity index (χ4n) is 5.32. The highest BCUT2D eigenvalue weighted by molar-refractivity contribution is 6.26. The molecule has 1 N–H and O–H groups in total. The molecule has 3 nitrogen and oxygen atoms in total. The Kier molecular flexibility index (Phi) is 6.45. The highest BCUT2D eigenvalue weighted by Crippen LogP contribution is 2.53. The second kappa shape index (κ2) is 8.61. The van der Waals surface area contributed by atoms with Gasteiger partial charge < -0.3 is 5.32 Å². The molecule has 1 aromatic rings. The van der Waals surface area contributed by atoms with Crippen molar-refractivity contribution in [3.63, 3.8) is 0 Å². The number of nitrogens with one attached hydrogen (secondary N) is 1. The van der Waals surface area contributed by atoms with Crippen LogP contribution in [0.3, 0.4) is 0 Å². The fourth-order valence-corrected chi connectivity index (χ4v) is 5.32. The number of benzene rings is 1. The zero-order valence-electron chi connectivity index (χ0n) is 20.0. The number of allylic oxidation sites excluding steroid dienone is 2. The molecule has 0 fully saturated rings. The van der Waals surface area contributed by atoms with Crippen LogP contribution in [0.25, 0.3) is 5.57 Å². The highest BCUT2D eigenvalue weighted by atomic mass is 16.1. The number of carbonyl (C=O) groups excluding carboxylic acids is 2. The average Bonchev–Trinajstić information content (AvgIpc) is 3.20. The molecule has 0 unspecified atom stereocenters. The van der Waals surface area contributed by atoms with E-state index in [0.717, 1.165) is 35.1 Å². The van der Waals surface area contributed by atoms with Crippen molar-refractivity contribution in [1.82, 2.24) is 5.32 Å². The van der Waals surface area contributed by atoms with Gasteiger partial charge in [-0.05, 0) is 60.3 Å². The Morgan fingerprint density at radius 2 is 1.81 bits per heavy atom.